The molecule has 0 aromatic heterocycles. The number of ether oxygens (including phenoxy) is 4. The summed E-state index contributed by atoms with van der Waals surface area (Å²) in [5.41, 5.74) is 2.81. The Morgan fingerprint density at radius 3 is 2.30 bits per heavy atom. The molecule has 1 aliphatic heterocycles. The number of esters is 2. The van der Waals surface area contributed by atoms with Gasteiger partial charge < -0.3 is 24.3 Å². The third-order valence-corrected chi connectivity index (χ3v) is 7.81. The van der Waals surface area contributed by atoms with Gasteiger partial charge in [-0.3, -0.25) is 10.1 Å². The molecule has 230 valence electrons. The van der Waals surface area contributed by atoms with E-state index in [-0.39, 0.29) is 23.4 Å². The van der Waals surface area contributed by atoms with Crippen LogP contribution in [-0.4, -0.2) is 49.9 Å². The second-order valence-corrected chi connectivity index (χ2v) is 10.8. The first kappa shape index (κ1) is 31.7. The van der Waals surface area contributed by atoms with Crippen LogP contribution in [0.25, 0.3) is 0 Å². The molecule has 2 aromatic carbocycles. The highest BCUT2D eigenvalue weighted by molar-refractivity contribution is 5.99. The lowest BCUT2D eigenvalue weighted by atomic mass is 9.80. The predicted octanol–water partition coefficient (Wildman–Crippen LogP) is 5.91. The minimum absolute atomic E-state index is 0.0874. The largest absolute Gasteiger partial charge is 0.493 e. The van der Waals surface area contributed by atoms with E-state index in [0.717, 1.165) is 18.8 Å². The third-order valence-electron chi connectivity index (χ3n) is 7.81. The first-order valence-electron chi connectivity index (χ1n) is 14.8. The minimum atomic E-state index is -0.899. The molecule has 10 nitrogen and oxygen atoms in total. The van der Waals surface area contributed by atoms with Crippen LogP contribution in [0.5, 0.6) is 5.75 Å². The molecule has 0 saturated heterocycles. The molecule has 0 amide bonds. The van der Waals surface area contributed by atoms with Crippen LogP contribution in [0.15, 0.2) is 71.1 Å². The van der Waals surface area contributed by atoms with Crippen molar-refractivity contribution in [1.29, 1.82) is 0 Å². The van der Waals surface area contributed by atoms with E-state index in [4.69, 9.17) is 18.9 Å². The first-order chi connectivity index (χ1) is 20.8. The molecule has 2 aromatic rings. The number of benzene rings is 2. The van der Waals surface area contributed by atoms with E-state index in [9.17, 15) is 19.7 Å². The molecule has 0 spiro atoms. The van der Waals surface area contributed by atoms with E-state index in [0.29, 0.717) is 36.1 Å². The van der Waals surface area contributed by atoms with Crippen LogP contribution >= 0.6 is 0 Å². The lowest BCUT2D eigenvalue weighted by Crippen LogP contribution is -2.32. The van der Waals surface area contributed by atoms with E-state index < -0.39 is 22.8 Å². The number of dihydropyridines is 1. The Balaban J connectivity index is 1.31. The highest BCUT2D eigenvalue weighted by Gasteiger charge is 2.38. The Labute approximate surface area is 252 Å². The van der Waals surface area contributed by atoms with Gasteiger partial charge >= 0.3 is 11.9 Å². The predicted molar refractivity (Wildman–Crippen MR) is 160 cm³/mol. The molecule has 0 bridgehead atoms. The quantitative estimate of drug-likeness (QED) is 0.131. The second kappa shape index (κ2) is 15.3. The van der Waals surface area contributed by atoms with Crippen LogP contribution in [0.3, 0.4) is 0 Å². The first-order valence-corrected chi connectivity index (χ1v) is 14.8. The molecule has 4 rings (SSSR count). The molecule has 10 heteroatoms. The summed E-state index contributed by atoms with van der Waals surface area (Å²) in [5.74, 6) is -1.44. The van der Waals surface area contributed by atoms with Crippen molar-refractivity contribution < 1.29 is 33.5 Å². The summed E-state index contributed by atoms with van der Waals surface area (Å²) in [5, 5.41) is 14.5. The third kappa shape index (κ3) is 8.44. The second-order valence-electron chi connectivity index (χ2n) is 10.8. The smallest absolute Gasteiger partial charge is 0.336 e. The van der Waals surface area contributed by atoms with Gasteiger partial charge in [-0.2, -0.15) is 0 Å². The van der Waals surface area contributed by atoms with Crippen LogP contribution in [-0.2, 0) is 30.2 Å². The summed E-state index contributed by atoms with van der Waals surface area (Å²) in [7, 11) is 1.25. The average molecular weight is 593 g/mol. The fourth-order valence-corrected chi connectivity index (χ4v) is 5.62. The van der Waals surface area contributed by atoms with Crippen molar-refractivity contribution in [3.63, 3.8) is 0 Å². The average Bonchev–Trinajstić information content (AvgIpc) is 3.01. The van der Waals surface area contributed by atoms with Crippen molar-refractivity contribution in [3.05, 3.63) is 92.3 Å². The Kier molecular flexibility index (Phi) is 11.3. The summed E-state index contributed by atoms with van der Waals surface area (Å²) < 4.78 is 22.4. The van der Waals surface area contributed by atoms with E-state index in [1.165, 1.54) is 63.0 Å². The number of nitro groups is 1. The molecule has 1 atom stereocenters. The highest BCUT2D eigenvalue weighted by atomic mass is 16.6. The number of non-ortho nitro benzene ring substituents is 1. The molecular weight excluding hydrogens is 552 g/mol. The zero-order valence-corrected chi connectivity index (χ0v) is 25.1. The maximum absolute atomic E-state index is 13.4. The number of methoxy groups -OCH3 is 1. The van der Waals surface area contributed by atoms with Crippen molar-refractivity contribution in [1.82, 2.24) is 5.32 Å². The minimum Gasteiger partial charge on any atom is -0.493 e. The molecule has 1 saturated carbocycles. The van der Waals surface area contributed by atoms with E-state index in [2.05, 4.69) is 5.32 Å². The Morgan fingerprint density at radius 1 is 0.930 bits per heavy atom. The zero-order chi connectivity index (χ0) is 30.8. The van der Waals surface area contributed by atoms with Crippen LogP contribution in [0.2, 0.25) is 0 Å². The molecule has 1 aliphatic carbocycles. The van der Waals surface area contributed by atoms with Crippen LogP contribution in [0.4, 0.5) is 5.69 Å². The number of carbonyl (C=O) groups is 2. The number of nitro benzene ring substituents is 1. The molecule has 1 N–H and O–H groups in total. The van der Waals surface area contributed by atoms with Gasteiger partial charge in [0, 0.05) is 29.9 Å². The summed E-state index contributed by atoms with van der Waals surface area (Å²) in [6.45, 7) is 4.55. The Hall–Kier alpha value is -4.18. The van der Waals surface area contributed by atoms with Crippen molar-refractivity contribution in [2.75, 3.05) is 26.9 Å². The van der Waals surface area contributed by atoms with Gasteiger partial charge in [-0.05, 0) is 56.4 Å². The van der Waals surface area contributed by atoms with E-state index >= 15 is 0 Å². The maximum atomic E-state index is 13.4. The SMILES string of the molecule is COC(=O)C1=C(C)NC(C)=C(C(=O)OCCCOc2ccc(CCOC3CCCCC3)cc2)C1c1cccc([N+](=O)[O-])c1. The Morgan fingerprint density at radius 2 is 1.63 bits per heavy atom. The van der Waals surface area contributed by atoms with Gasteiger partial charge in [0.2, 0.25) is 0 Å². The van der Waals surface area contributed by atoms with Gasteiger partial charge in [-0.1, -0.05) is 43.5 Å². The number of hydrogen-bond acceptors (Lipinski definition) is 9. The van der Waals surface area contributed by atoms with Gasteiger partial charge in [0.15, 0.2) is 0 Å². The number of nitrogens with zero attached hydrogens (tertiary/aromatic N) is 1. The lowest BCUT2D eigenvalue weighted by Gasteiger charge is -2.30. The van der Waals surface area contributed by atoms with Crippen LogP contribution < -0.4 is 10.1 Å². The number of hydrogen-bond donors (Lipinski definition) is 1. The van der Waals surface area contributed by atoms with Gasteiger partial charge in [0.25, 0.3) is 5.69 Å². The standard InChI is InChI=1S/C33H40N2O8/c1-22-29(32(36)40-3)31(25-9-7-10-26(21-25)35(38)39)30(23(2)34-22)33(37)43-19-8-18-41-28-15-13-24(14-16-28)17-20-42-27-11-5-4-6-12-27/h7,9-10,13-16,21,27,31,34H,4-6,8,11-12,17-20H2,1-3H3. The summed E-state index contributed by atoms with van der Waals surface area (Å²) in [4.78, 5) is 37.0. The number of allylic oxidation sites excluding steroid dienone is 2. The van der Waals surface area contributed by atoms with Crippen LogP contribution in [0, 0.1) is 10.1 Å². The molecule has 1 heterocycles. The fraction of sp³-hybridized carbons (Fsp3) is 0.455. The molecule has 0 radical (unpaired) electrons. The van der Waals surface area contributed by atoms with Gasteiger partial charge in [-0.15, -0.1) is 0 Å². The normalized spacial score (nSPS) is 17.3. The maximum Gasteiger partial charge on any atom is 0.336 e. The van der Waals surface area contributed by atoms with E-state index in [1.807, 2.05) is 24.3 Å². The zero-order valence-electron chi connectivity index (χ0n) is 25.1. The molecule has 1 unspecified atom stereocenters. The van der Waals surface area contributed by atoms with Crippen molar-refractivity contribution in [2.24, 2.45) is 0 Å². The monoisotopic (exact) mass is 592 g/mol. The van der Waals surface area contributed by atoms with E-state index in [1.54, 1.807) is 19.9 Å². The summed E-state index contributed by atoms with van der Waals surface area (Å²) in [6, 6.07) is 13.8. The number of carbonyl (C=O) groups excluding carboxylic acids is 2. The van der Waals surface area contributed by atoms with Gasteiger partial charge in [0.05, 0.1) is 55.0 Å². The molecule has 43 heavy (non-hydrogen) atoms. The van der Waals surface area contributed by atoms with Crippen LogP contribution in [0.1, 0.15) is 69.4 Å². The highest BCUT2D eigenvalue weighted by Crippen LogP contribution is 2.40. The Bertz CT molecular complexity index is 1360. The summed E-state index contributed by atoms with van der Waals surface area (Å²) in [6.07, 6.45) is 7.89. The number of nitrogens with one attached hydrogen (secondary N) is 1. The van der Waals surface area contributed by atoms with Crippen molar-refractivity contribution in [3.8, 4) is 5.75 Å². The molecular formula is C33H40N2O8. The number of rotatable bonds is 13. The molecule has 2 aliphatic rings. The van der Waals surface area contributed by atoms with Gasteiger partial charge in [0.1, 0.15) is 5.75 Å². The lowest BCUT2D eigenvalue weighted by molar-refractivity contribution is -0.384. The summed E-state index contributed by atoms with van der Waals surface area (Å²) >= 11 is 0. The topological polar surface area (TPSA) is 126 Å². The van der Waals surface area contributed by atoms with Gasteiger partial charge in [-0.25, -0.2) is 9.59 Å². The van der Waals surface area contributed by atoms with Crippen molar-refractivity contribution >= 4 is 17.6 Å². The van der Waals surface area contributed by atoms with Crippen molar-refractivity contribution in [2.45, 2.75) is 70.8 Å². The fourth-order valence-electron chi connectivity index (χ4n) is 5.62. The molecule has 1 fully saturated rings.